The minimum atomic E-state index is -1.33. The van der Waals surface area contributed by atoms with Crippen LogP contribution in [0.25, 0.3) is 17.0 Å². The molecule has 4 heteroatoms. The SMILES string of the molecule is COC1(C(=O)O)CC=Cc2nc3ccccc3cc21. The summed E-state index contributed by atoms with van der Waals surface area (Å²) >= 11 is 0. The fourth-order valence-electron chi connectivity index (χ4n) is 2.51. The number of rotatable bonds is 2. The molecule has 0 aliphatic heterocycles. The maximum Gasteiger partial charge on any atom is 0.341 e. The first-order valence-electron chi connectivity index (χ1n) is 6.03. The molecular formula is C15H13NO3. The van der Waals surface area contributed by atoms with Crippen LogP contribution in [0, 0.1) is 0 Å². The van der Waals surface area contributed by atoms with Crippen LogP contribution in [-0.4, -0.2) is 23.2 Å². The molecule has 0 fully saturated rings. The summed E-state index contributed by atoms with van der Waals surface area (Å²) in [6.07, 6.45) is 3.95. The van der Waals surface area contributed by atoms with E-state index in [0.717, 1.165) is 10.9 Å². The Bertz CT molecular complexity index is 693. The molecular weight excluding hydrogens is 242 g/mol. The van der Waals surface area contributed by atoms with Gasteiger partial charge in [-0.1, -0.05) is 24.3 Å². The van der Waals surface area contributed by atoms with Crippen LogP contribution < -0.4 is 0 Å². The average Bonchev–Trinajstić information content (AvgIpc) is 2.44. The summed E-state index contributed by atoms with van der Waals surface area (Å²) in [5.74, 6) is -0.988. The number of carboxylic acids is 1. The molecule has 3 rings (SSSR count). The molecule has 0 radical (unpaired) electrons. The van der Waals surface area contributed by atoms with E-state index in [4.69, 9.17) is 4.74 Å². The molecule has 4 nitrogen and oxygen atoms in total. The number of methoxy groups -OCH3 is 1. The lowest BCUT2D eigenvalue weighted by molar-refractivity contribution is -0.163. The molecule has 0 amide bonds. The lowest BCUT2D eigenvalue weighted by Gasteiger charge is -2.31. The average molecular weight is 255 g/mol. The molecule has 1 N–H and O–H groups in total. The van der Waals surface area contributed by atoms with Gasteiger partial charge in [0.05, 0.1) is 11.2 Å². The number of hydrogen-bond donors (Lipinski definition) is 1. The van der Waals surface area contributed by atoms with Crippen molar-refractivity contribution in [3.8, 4) is 0 Å². The highest BCUT2D eigenvalue weighted by molar-refractivity contribution is 5.87. The van der Waals surface area contributed by atoms with Crippen LogP contribution in [0.3, 0.4) is 0 Å². The van der Waals surface area contributed by atoms with E-state index in [9.17, 15) is 9.90 Å². The number of aromatic nitrogens is 1. The number of pyridine rings is 1. The van der Waals surface area contributed by atoms with E-state index in [0.29, 0.717) is 17.7 Å². The molecule has 1 aliphatic rings. The minimum absolute atomic E-state index is 0.311. The molecule has 1 aromatic carbocycles. The molecule has 1 atom stereocenters. The summed E-state index contributed by atoms with van der Waals surface area (Å²) in [4.78, 5) is 16.1. The second kappa shape index (κ2) is 4.17. The van der Waals surface area contributed by atoms with Gasteiger partial charge in [-0.05, 0) is 18.2 Å². The number of carbonyl (C=O) groups is 1. The number of ether oxygens (including phenoxy) is 1. The molecule has 1 aliphatic carbocycles. The van der Waals surface area contributed by atoms with Crippen molar-refractivity contribution in [3.05, 3.63) is 47.7 Å². The number of nitrogens with zero attached hydrogens (tertiary/aromatic N) is 1. The Morgan fingerprint density at radius 1 is 1.42 bits per heavy atom. The number of aliphatic carboxylic acids is 1. The van der Waals surface area contributed by atoms with E-state index in [1.807, 2.05) is 36.4 Å². The summed E-state index contributed by atoms with van der Waals surface area (Å²) < 4.78 is 5.32. The van der Waals surface area contributed by atoms with Crippen molar-refractivity contribution in [3.63, 3.8) is 0 Å². The third kappa shape index (κ3) is 1.64. The van der Waals surface area contributed by atoms with Gasteiger partial charge in [-0.15, -0.1) is 0 Å². The third-order valence-electron chi connectivity index (χ3n) is 3.56. The largest absolute Gasteiger partial charge is 0.479 e. The van der Waals surface area contributed by atoms with Crippen LogP contribution >= 0.6 is 0 Å². The van der Waals surface area contributed by atoms with Crippen molar-refractivity contribution in [1.82, 2.24) is 4.98 Å². The maximum absolute atomic E-state index is 11.6. The minimum Gasteiger partial charge on any atom is -0.479 e. The molecule has 0 saturated heterocycles. The van der Waals surface area contributed by atoms with Crippen molar-refractivity contribution in [2.24, 2.45) is 0 Å². The highest BCUT2D eigenvalue weighted by Crippen LogP contribution is 2.37. The Labute approximate surface area is 110 Å². The predicted molar refractivity (Wildman–Crippen MR) is 71.7 cm³/mol. The monoisotopic (exact) mass is 255 g/mol. The van der Waals surface area contributed by atoms with Crippen molar-refractivity contribution >= 4 is 22.9 Å². The van der Waals surface area contributed by atoms with Gasteiger partial charge in [0.1, 0.15) is 0 Å². The van der Waals surface area contributed by atoms with E-state index in [-0.39, 0.29) is 0 Å². The van der Waals surface area contributed by atoms with Crippen LogP contribution in [0.5, 0.6) is 0 Å². The van der Waals surface area contributed by atoms with E-state index in [2.05, 4.69) is 4.98 Å². The molecule has 1 aromatic heterocycles. The van der Waals surface area contributed by atoms with Crippen molar-refractivity contribution in [2.45, 2.75) is 12.0 Å². The van der Waals surface area contributed by atoms with Gasteiger partial charge in [0.2, 0.25) is 0 Å². The zero-order valence-corrected chi connectivity index (χ0v) is 10.5. The molecule has 2 aromatic rings. The first-order chi connectivity index (χ1) is 9.17. The normalized spacial score (nSPS) is 21.3. The number of fused-ring (bicyclic) bond motifs is 2. The van der Waals surface area contributed by atoms with Crippen LogP contribution in [0.1, 0.15) is 17.7 Å². The summed E-state index contributed by atoms with van der Waals surface area (Å²) in [7, 11) is 1.42. The Morgan fingerprint density at radius 3 is 2.95 bits per heavy atom. The van der Waals surface area contributed by atoms with Crippen molar-refractivity contribution in [2.75, 3.05) is 7.11 Å². The molecule has 0 saturated carbocycles. The van der Waals surface area contributed by atoms with Gasteiger partial charge in [0.25, 0.3) is 0 Å². The van der Waals surface area contributed by atoms with Crippen LogP contribution in [0.4, 0.5) is 0 Å². The summed E-state index contributed by atoms with van der Waals surface area (Å²) in [5.41, 5.74) is 0.794. The fourth-order valence-corrected chi connectivity index (χ4v) is 2.51. The zero-order valence-electron chi connectivity index (χ0n) is 10.5. The van der Waals surface area contributed by atoms with Crippen LogP contribution in [0.2, 0.25) is 0 Å². The Kier molecular flexibility index (Phi) is 2.61. The van der Waals surface area contributed by atoms with E-state index < -0.39 is 11.6 Å². The lowest BCUT2D eigenvalue weighted by atomic mass is 9.84. The third-order valence-corrected chi connectivity index (χ3v) is 3.56. The van der Waals surface area contributed by atoms with E-state index in [1.54, 1.807) is 6.08 Å². The van der Waals surface area contributed by atoms with E-state index >= 15 is 0 Å². The highest BCUT2D eigenvalue weighted by Gasteiger charge is 2.43. The fraction of sp³-hybridized carbons (Fsp3) is 0.200. The Balaban J connectivity index is 2.32. The van der Waals surface area contributed by atoms with Gasteiger partial charge in [0.15, 0.2) is 5.60 Å². The number of para-hydroxylation sites is 1. The van der Waals surface area contributed by atoms with Gasteiger partial charge in [-0.3, -0.25) is 0 Å². The van der Waals surface area contributed by atoms with Gasteiger partial charge < -0.3 is 9.84 Å². The zero-order chi connectivity index (χ0) is 13.5. The first-order valence-corrected chi connectivity index (χ1v) is 6.03. The summed E-state index contributed by atoms with van der Waals surface area (Å²) in [5, 5.41) is 10.4. The van der Waals surface area contributed by atoms with Crippen molar-refractivity contribution in [1.29, 1.82) is 0 Å². The molecule has 19 heavy (non-hydrogen) atoms. The molecule has 1 heterocycles. The predicted octanol–water partition coefficient (Wildman–Crippen LogP) is 2.58. The van der Waals surface area contributed by atoms with Gasteiger partial charge in [0, 0.05) is 24.5 Å². The quantitative estimate of drug-likeness (QED) is 0.896. The number of benzene rings is 1. The van der Waals surface area contributed by atoms with Gasteiger partial charge >= 0.3 is 5.97 Å². The second-order valence-electron chi connectivity index (χ2n) is 4.56. The van der Waals surface area contributed by atoms with Gasteiger partial charge in [-0.25, -0.2) is 9.78 Å². The Morgan fingerprint density at radius 2 is 2.21 bits per heavy atom. The second-order valence-corrected chi connectivity index (χ2v) is 4.56. The number of hydrogen-bond acceptors (Lipinski definition) is 3. The standard InChI is InChI=1S/C15H13NO3/c1-19-15(14(17)18)8-4-7-13-11(15)9-10-5-2-3-6-12(10)16-13/h2-7,9H,8H2,1H3,(H,17,18). The van der Waals surface area contributed by atoms with E-state index in [1.165, 1.54) is 7.11 Å². The molecule has 96 valence electrons. The number of carboxylic acid groups (broad SMARTS) is 1. The topological polar surface area (TPSA) is 59.4 Å². The highest BCUT2D eigenvalue weighted by atomic mass is 16.5. The smallest absolute Gasteiger partial charge is 0.341 e. The molecule has 0 spiro atoms. The van der Waals surface area contributed by atoms with Crippen molar-refractivity contribution < 1.29 is 14.6 Å². The molecule has 1 unspecified atom stereocenters. The first kappa shape index (κ1) is 11.9. The molecule has 0 bridgehead atoms. The van der Waals surface area contributed by atoms with Gasteiger partial charge in [-0.2, -0.15) is 0 Å². The summed E-state index contributed by atoms with van der Waals surface area (Å²) in [6, 6.07) is 9.51. The van der Waals surface area contributed by atoms with Crippen LogP contribution in [-0.2, 0) is 15.1 Å². The lowest BCUT2D eigenvalue weighted by Crippen LogP contribution is -2.39. The van der Waals surface area contributed by atoms with Crippen LogP contribution in [0.15, 0.2) is 36.4 Å². The maximum atomic E-state index is 11.6. The Hall–Kier alpha value is -2.20. The summed E-state index contributed by atoms with van der Waals surface area (Å²) in [6.45, 7) is 0.